The number of aliphatic hydroxyl groups excluding tert-OH is 1. The minimum absolute atomic E-state index is 0.123. The van der Waals surface area contributed by atoms with E-state index in [0.29, 0.717) is 11.3 Å². The molecule has 1 heterocycles. The SMILES string of the molecule is O=C1C(=O)N(c2ccc(Br)cc2)[C@H](c2ccccc2F)/C1=C(\O)c1ccc(Br)cc1. The lowest BCUT2D eigenvalue weighted by Gasteiger charge is -2.25. The van der Waals surface area contributed by atoms with Crippen LogP contribution in [0.3, 0.4) is 0 Å². The molecule has 0 aliphatic carbocycles. The molecule has 4 nitrogen and oxygen atoms in total. The molecule has 0 aromatic heterocycles. The van der Waals surface area contributed by atoms with Gasteiger partial charge in [0.1, 0.15) is 11.6 Å². The summed E-state index contributed by atoms with van der Waals surface area (Å²) in [7, 11) is 0. The summed E-state index contributed by atoms with van der Waals surface area (Å²) >= 11 is 6.66. The molecule has 7 heteroatoms. The number of nitrogens with zero attached hydrogens (tertiary/aromatic N) is 1. The van der Waals surface area contributed by atoms with Crippen LogP contribution in [0.15, 0.2) is 87.3 Å². The first-order valence-corrected chi connectivity index (χ1v) is 10.5. The van der Waals surface area contributed by atoms with E-state index in [0.717, 1.165) is 8.95 Å². The van der Waals surface area contributed by atoms with Crippen molar-refractivity contribution in [1.82, 2.24) is 0 Å². The molecule has 3 aromatic rings. The van der Waals surface area contributed by atoms with Gasteiger partial charge in [-0.1, -0.05) is 62.2 Å². The average Bonchev–Trinajstić information content (AvgIpc) is 3.00. The number of Topliss-reactive ketones (excluding diaryl/α,β-unsaturated/α-hetero) is 1. The Balaban J connectivity index is 1.96. The van der Waals surface area contributed by atoms with Gasteiger partial charge < -0.3 is 5.11 Å². The summed E-state index contributed by atoms with van der Waals surface area (Å²) in [6.07, 6.45) is 0. The molecule has 1 atom stereocenters. The van der Waals surface area contributed by atoms with Gasteiger partial charge in [0.25, 0.3) is 11.7 Å². The van der Waals surface area contributed by atoms with E-state index in [1.165, 1.54) is 23.1 Å². The average molecular weight is 531 g/mol. The molecule has 0 radical (unpaired) electrons. The minimum atomic E-state index is -1.10. The lowest BCUT2D eigenvalue weighted by atomic mass is 9.94. The minimum Gasteiger partial charge on any atom is -0.507 e. The normalized spacial score (nSPS) is 18.1. The predicted molar refractivity (Wildman–Crippen MR) is 119 cm³/mol. The topological polar surface area (TPSA) is 57.6 Å². The number of ketones is 1. The van der Waals surface area contributed by atoms with Crippen molar-refractivity contribution in [2.75, 3.05) is 4.90 Å². The van der Waals surface area contributed by atoms with Crippen molar-refractivity contribution in [2.24, 2.45) is 0 Å². The number of benzene rings is 3. The maximum absolute atomic E-state index is 14.8. The van der Waals surface area contributed by atoms with Crippen LogP contribution in [0.25, 0.3) is 5.76 Å². The lowest BCUT2D eigenvalue weighted by Crippen LogP contribution is -2.29. The molecule has 1 N–H and O–H groups in total. The molecular weight excluding hydrogens is 517 g/mol. The van der Waals surface area contributed by atoms with Crippen molar-refractivity contribution < 1.29 is 19.1 Å². The van der Waals surface area contributed by atoms with E-state index < -0.39 is 23.5 Å². The van der Waals surface area contributed by atoms with Crippen molar-refractivity contribution in [2.45, 2.75) is 6.04 Å². The monoisotopic (exact) mass is 529 g/mol. The molecule has 1 aliphatic heterocycles. The van der Waals surface area contributed by atoms with Gasteiger partial charge in [-0.2, -0.15) is 0 Å². The van der Waals surface area contributed by atoms with Crippen molar-refractivity contribution >= 4 is 55.0 Å². The maximum atomic E-state index is 14.8. The standard InChI is InChI=1S/C23H14Br2FNO3/c24-14-7-5-13(6-8-14)21(28)19-20(17-3-1-2-4-18(17)26)27(23(30)22(19)29)16-11-9-15(25)10-12-16/h1-12,20,28H/b21-19+/t20-/m1/s1. The summed E-state index contributed by atoms with van der Waals surface area (Å²) in [4.78, 5) is 27.2. The second kappa shape index (κ2) is 8.16. The van der Waals surface area contributed by atoms with Crippen LogP contribution < -0.4 is 4.90 Å². The molecule has 1 aliphatic rings. The van der Waals surface area contributed by atoms with Crippen LogP contribution >= 0.6 is 31.9 Å². The quantitative estimate of drug-likeness (QED) is 0.257. The van der Waals surface area contributed by atoms with Crippen LogP contribution in [0, 0.1) is 5.82 Å². The number of amides is 1. The number of anilines is 1. The van der Waals surface area contributed by atoms with E-state index in [9.17, 15) is 19.1 Å². The molecule has 1 fully saturated rings. The molecule has 30 heavy (non-hydrogen) atoms. The van der Waals surface area contributed by atoms with Crippen molar-refractivity contribution in [3.8, 4) is 0 Å². The maximum Gasteiger partial charge on any atom is 0.300 e. The summed E-state index contributed by atoms with van der Waals surface area (Å²) in [5.74, 6) is -2.63. The van der Waals surface area contributed by atoms with E-state index in [1.807, 2.05) is 0 Å². The lowest BCUT2D eigenvalue weighted by molar-refractivity contribution is -0.132. The van der Waals surface area contributed by atoms with Gasteiger partial charge in [0, 0.05) is 25.8 Å². The van der Waals surface area contributed by atoms with Crippen molar-refractivity contribution in [3.63, 3.8) is 0 Å². The summed E-state index contributed by atoms with van der Waals surface area (Å²) in [5, 5.41) is 11.0. The summed E-state index contributed by atoms with van der Waals surface area (Å²) in [6, 6.07) is 18.2. The highest BCUT2D eigenvalue weighted by atomic mass is 79.9. The number of aliphatic hydroxyl groups is 1. The Labute approximate surface area is 188 Å². The first-order valence-electron chi connectivity index (χ1n) is 8.95. The van der Waals surface area contributed by atoms with Crippen LogP contribution in [0.5, 0.6) is 0 Å². The van der Waals surface area contributed by atoms with Gasteiger partial charge in [-0.05, 0) is 42.5 Å². The first kappa shape index (κ1) is 20.5. The first-order chi connectivity index (χ1) is 14.4. The van der Waals surface area contributed by atoms with Gasteiger partial charge in [0.15, 0.2) is 0 Å². The molecule has 0 spiro atoms. The number of carbonyl (C=O) groups excluding carboxylic acids is 2. The summed E-state index contributed by atoms with van der Waals surface area (Å²) < 4.78 is 16.4. The molecule has 0 saturated carbocycles. The Morgan fingerprint density at radius 3 is 2.03 bits per heavy atom. The third kappa shape index (κ3) is 3.59. The van der Waals surface area contributed by atoms with Crippen molar-refractivity contribution in [1.29, 1.82) is 0 Å². The fourth-order valence-electron chi connectivity index (χ4n) is 3.45. The molecule has 1 saturated heterocycles. The molecule has 3 aromatic carbocycles. The third-order valence-electron chi connectivity index (χ3n) is 4.87. The summed E-state index contributed by atoms with van der Waals surface area (Å²) in [6.45, 7) is 0. The number of hydrogen-bond acceptors (Lipinski definition) is 3. The molecule has 150 valence electrons. The Bertz CT molecular complexity index is 1170. The molecule has 1 amide bonds. The van der Waals surface area contributed by atoms with E-state index in [1.54, 1.807) is 54.6 Å². The van der Waals surface area contributed by atoms with E-state index in [2.05, 4.69) is 31.9 Å². The molecule has 0 bridgehead atoms. The van der Waals surface area contributed by atoms with Gasteiger partial charge >= 0.3 is 0 Å². The fourth-order valence-corrected chi connectivity index (χ4v) is 3.98. The Morgan fingerprint density at radius 2 is 1.43 bits per heavy atom. The fraction of sp³-hybridized carbons (Fsp3) is 0.0435. The Kier molecular flexibility index (Phi) is 5.58. The van der Waals surface area contributed by atoms with Crippen LogP contribution in [-0.2, 0) is 9.59 Å². The smallest absolute Gasteiger partial charge is 0.300 e. The largest absolute Gasteiger partial charge is 0.507 e. The zero-order chi connectivity index (χ0) is 21.4. The number of halogens is 3. The van der Waals surface area contributed by atoms with E-state index in [4.69, 9.17) is 0 Å². The number of hydrogen-bond donors (Lipinski definition) is 1. The van der Waals surface area contributed by atoms with Gasteiger partial charge in [-0.3, -0.25) is 14.5 Å². The van der Waals surface area contributed by atoms with E-state index in [-0.39, 0.29) is 16.9 Å². The molecule has 0 unspecified atom stereocenters. The van der Waals surface area contributed by atoms with Crippen molar-refractivity contribution in [3.05, 3.63) is 104 Å². The number of rotatable bonds is 3. The second-order valence-corrected chi connectivity index (χ2v) is 8.51. The van der Waals surface area contributed by atoms with Gasteiger partial charge in [0.05, 0.1) is 11.6 Å². The van der Waals surface area contributed by atoms with Crippen LogP contribution in [0.4, 0.5) is 10.1 Å². The second-order valence-electron chi connectivity index (χ2n) is 6.67. The predicted octanol–water partition coefficient (Wildman–Crippen LogP) is 5.98. The van der Waals surface area contributed by atoms with Gasteiger partial charge in [-0.25, -0.2) is 4.39 Å². The Hall–Kier alpha value is -2.77. The highest BCUT2D eigenvalue weighted by molar-refractivity contribution is 9.10. The highest BCUT2D eigenvalue weighted by Gasteiger charge is 2.47. The van der Waals surface area contributed by atoms with Crippen LogP contribution in [-0.4, -0.2) is 16.8 Å². The zero-order valence-corrected chi connectivity index (χ0v) is 18.5. The summed E-state index contributed by atoms with van der Waals surface area (Å²) in [5.41, 5.74) is 0.741. The van der Waals surface area contributed by atoms with Gasteiger partial charge in [0.2, 0.25) is 0 Å². The number of carbonyl (C=O) groups is 2. The van der Waals surface area contributed by atoms with Gasteiger partial charge in [-0.15, -0.1) is 0 Å². The zero-order valence-electron chi connectivity index (χ0n) is 15.4. The highest BCUT2D eigenvalue weighted by Crippen LogP contribution is 2.43. The molecular formula is C23H14Br2FNO3. The van der Waals surface area contributed by atoms with Crippen LogP contribution in [0.2, 0.25) is 0 Å². The molecule has 4 rings (SSSR count). The third-order valence-corrected chi connectivity index (χ3v) is 5.92. The van der Waals surface area contributed by atoms with Crippen LogP contribution in [0.1, 0.15) is 17.2 Å². The van der Waals surface area contributed by atoms with E-state index >= 15 is 0 Å². The Morgan fingerprint density at radius 1 is 0.867 bits per heavy atom.